The highest BCUT2D eigenvalue weighted by Gasteiger charge is 2.24. The van der Waals surface area contributed by atoms with Gasteiger partial charge in [-0.3, -0.25) is 0 Å². The number of carboxylic acid groups (broad SMARTS) is 1. The third kappa shape index (κ3) is 2.52. The Morgan fingerprint density at radius 1 is 1.13 bits per heavy atom. The van der Waals surface area contributed by atoms with Crippen LogP contribution in [0.3, 0.4) is 0 Å². The van der Waals surface area contributed by atoms with E-state index in [-0.39, 0.29) is 26.4 Å². The van der Waals surface area contributed by atoms with E-state index in [1.807, 2.05) is 7.85 Å². The molecule has 0 aliphatic heterocycles. The first kappa shape index (κ1) is 15.6. The highest BCUT2D eigenvalue weighted by atomic mass is 35.5. The van der Waals surface area contributed by atoms with E-state index < -0.39 is 16.0 Å². The van der Waals surface area contributed by atoms with Crippen LogP contribution in [0.4, 0.5) is 0 Å². The lowest BCUT2D eigenvalue weighted by Crippen LogP contribution is -2.13. The van der Waals surface area contributed by atoms with Gasteiger partial charge in [-0.25, -0.2) is 17.2 Å². The van der Waals surface area contributed by atoms with E-state index >= 15 is 0 Å². The lowest BCUT2D eigenvalue weighted by atomic mass is 9.97. The van der Waals surface area contributed by atoms with Crippen LogP contribution < -0.4 is 5.46 Å². The monoisotopic (exact) mass is 347 g/mol. The number of aromatic carboxylic acids is 1. The van der Waals surface area contributed by atoms with Crippen LogP contribution >= 0.6 is 11.6 Å². The van der Waals surface area contributed by atoms with Crippen LogP contribution in [0.5, 0.6) is 0 Å². The minimum absolute atomic E-state index is 0.0665. The third-order valence-electron chi connectivity index (χ3n) is 3.55. The second kappa shape index (κ2) is 5.44. The maximum Gasteiger partial charge on any atom is 0.337 e. The van der Waals surface area contributed by atoms with E-state index in [9.17, 15) is 18.3 Å². The molecule has 0 radical (unpaired) electrons. The van der Waals surface area contributed by atoms with Crippen LogP contribution in [-0.2, 0) is 10.0 Å². The molecule has 0 unspecified atom stereocenters. The van der Waals surface area contributed by atoms with Gasteiger partial charge in [-0.05, 0) is 18.2 Å². The van der Waals surface area contributed by atoms with Gasteiger partial charge in [-0.15, -0.1) is 0 Å². The Kier molecular flexibility index (Phi) is 3.70. The lowest BCUT2D eigenvalue weighted by Gasteiger charge is -2.08. The largest absolute Gasteiger partial charge is 0.478 e. The summed E-state index contributed by atoms with van der Waals surface area (Å²) in [5.74, 6) is -1.21. The molecule has 3 aromatic rings. The quantitative estimate of drug-likeness (QED) is 0.728. The van der Waals surface area contributed by atoms with Gasteiger partial charge in [0.25, 0.3) is 10.0 Å². The van der Waals surface area contributed by atoms with E-state index in [0.717, 1.165) is 15.6 Å². The zero-order valence-electron chi connectivity index (χ0n) is 12.0. The number of carbonyl (C=O) groups is 1. The first-order chi connectivity index (χ1) is 10.8. The van der Waals surface area contributed by atoms with Gasteiger partial charge < -0.3 is 5.11 Å². The normalized spacial score (nSPS) is 11.7. The summed E-state index contributed by atoms with van der Waals surface area (Å²) in [6, 6.07) is 11.0. The molecule has 0 saturated heterocycles. The van der Waals surface area contributed by atoms with E-state index in [0.29, 0.717) is 0 Å². The summed E-state index contributed by atoms with van der Waals surface area (Å²) in [5.41, 5.74) is 0.968. The Morgan fingerprint density at radius 2 is 1.78 bits per heavy atom. The average Bonchev–Trinajstić information content (AvgIpc) is 2.89. The summed E-state index contributed by atoms with van der Waals surface area (Å²) in [4.78, 5) is 11.5. The topological polar surface area (TPSA) is 76.4 Å². The van der Waals surface area contributed by atoms with E-state index in [1.165, 1.54) is 24.3 Å². The number of halogens is 1. The molecule has 8 heteroatoms. The average molecular weight is 348 g/mol. The molecule has 3 rings (SSSR count). The Morgan fingerprint density at radius 3 is 2.39 bits per heavy atom. The molecule has 0 aliphatic rings. The van der Waals surface area contributed by atoms with Crippen LogP contribution in [0.25, 0.3) is 10.9 Å². The molecule has 0 saturated carbocycles. The van der Waals surface area contributed by atoms with Gasteiger partial charge in [0, 0.05) is 11.6 Å². The SMILES string of the molecule is Bc1ccc(S(=O)(=O)n2cc(C(=O)O)c3cccc(Cl)c32)cc1. The molecular formula is C15H11BClNO4S. The molecule has 5 nitrogen and oxygen atoms in total. The number of aromatic nitrogens is 1. The molecular weight excluding hydrogens is 337 g/mol. The summed E-state index contributed by atoms with van der Waals surface area (Å²) in [5, 5.41) is 9.76. The minimum atomic E-state index is -3.95. The van der Waals surface area contributed by atoms with Crippen molar-refractivity contribution in [1.29, 1.82) is 0 Å². The summed E-state index contributed by atoms with van der Waals surface area (Å²) < 4.78 is 26.6. The highest BCUT2D eigenvalue weighted by molar-refractivity contribution is 7.90. The lowest BCUT2D eigenvalue weighted by molar-refractivity contribution is 0.0699. The zero-order valence-corrected chi connectivity index (χ0v) is 13.6. The van der Waals surface area contributed by atoms with E-state index in [2.05, 4.69) is 0 Å². The summed E-state index contributed by atoms with van der Waals surface area (Å²) in [6.45, 7) is 0. The molecule has 0 fully saturated rings. The predicted octanol–water partition coefficient (Wildman–Crippen LogP) is 1.49. The number of rotatable bonds is 3. The molecule has 1 N–H and O–H groups in total. The minimum Gasteiger partial charge on any atom is -0.478 e. The van der Waals surface area contributed by atoms with Gasteiger partial charge in [0.05, 0.1) is 21.0 Å². The molecule has 0 bridgehead atoms. The predicted molar refractivity (Wildman–Crippen MR) is 91.1 cm³/mol. The number of nitrogens with zero attached hydrogens (tertiary/aromatic N) is 1. The van der Waals surface area contributed by atoms with Crippen molar-refractivity contribution in [3.05, 3.63) is 59.2 Å². The van der Waals surface area contributed by atoms with Crippen molar-refractivity contribution < 1.29 is 18.3 Å². The van der Waals surface area contributed by atoms with Crippen molar-refractivity contribution in [1.82, 2.24) is 3.97 Å². The third-order valence-corrected chi connectivity index (χ3v) is 5.53. The molecule has 0 atom stereocenters. The van der Waals surface area contributed by atoms with Crippen LogP contribution in [0.15, 0.2) is 53.6 Å². The van der Waals surface area contributed by atoms with Crippen molar-refractivity contribution in [2.75, 3.05) is 0 Å². The maximum absolute atomic E-state index is 12.9. The van der Waals surface area contributed by atoms with Crippen molar-refractivity contribution in [3.8, 4) is 0 Å². The molecule has 0 aliphatic carbocycles. The smallest absolute Gasteiger partial charge is 0.337 e. The fraction of sp³-hybridized carbons (Fsp3) is 0. The molecule has 23 heavy (non-hydrogen) atoms. The number of para-hydroxylation sites is 1. The van der Waals surface area contributed by atoms with Gasteiger partial charge in [-0.2, -0.15) is 0 Å². The molecule has 0 amide bonds. The van der Waals surface area contributed by atoms with Gasteiger partial charge in [-0.1, -0.05) is 41.3 Å². The zero-order chi connectivity index (χ0) is 16.8. The molecule has 0 spiro atoms. The van der Waals surface area contributed by atoms with Gasteiger partial charge in [0.15, 0.2) is 0 Å². The first-order valence-corrected chi connectivity index (χ1v) is 8.49. The molecule has 1 aromatic heterocycles. The Hall–Kier alpha value is -2.25. The standard InChI is InChI=1S/C15H11BClNO4S/c16-9-4-6-10(7-5-9)23(21,22)18-8-12(15(19)20)11-2-1-3-13(17)14(11)18/h1-8H,16H2,(H,19,20). The fourth-order valence-corrected chi connectivity index (χ4v) is 4.10. The van der Waals surface area contributed by atoms with Gasteiger partial charge in [0.1, 0.15) is 7.85 Å². The molecule has 2 aromatic carbocycles. The van der Waals surface area contributed by atoms with Crippen molar-refractivity contribution in [2.45, 2.75) is 4.90 Å². The van der Waals surface area contributed by atoms with Gasteiger partial charge in [0.2, 0.25) is 0 Å². The maximum atomic E-state index is 12.9. The summed E-state index contributed by atoms with van der Waals surface area (Å²) in [6.07, 6.45) is 1.09. The molecule has 1 heterocycles. The van der Waals surface area contributed by atoms with E-state index in [1.54, 1.807) is 18.2 Å². The highest BCUT2D eigenvalue weighted by Crippen LogP contribution is 2.31. The number of fused-ring (bicyclic) bond motifs is 1. The van der Waals surface area contributed by atoms with Crippen LogP contribution in [0, 0.1) is 0 Å². The van der Waals surface area contributed by atoms with Gasteiger partial charge >= 0.3 is 5.97 Å². The summed E-state index contributed by atoms with van der Waals surface area (Å²) >= 11 is 6.12. The van der Waals surface area contributed by atoms with Crippen LogP contribution in [0.2, 0.25) is 5.02 Å². The Bertz CT molecular complexity index is 1030. The Labute approximate surface area is 138 Å². The second-order valence-corrected chi connectivity index (χ2v) is 7.32. The Balaban J connectivity index is 2.36. The van der Waals surface area contributed by atoms with E-state index in [4.69, 9.17) is 11.6 Å². The molecule has 116 valence electrons. The second-order valence-electron chi connectivity index (χ2n) is 5.10. The van der Waals surface area contributed by atoms with Crippen molar-refractivity contribution >= 4 is 51.8 Å². The first-order valence-electron chi connectivity index (χ1n) is 6.67. The number of benzene rings is 2. The fourth-order valence-electron chi connectivity index (χ4n) is 2.39. The summed E-state index contributed by atoms with van der Waals surface area (Å²) in [7, 11) is -2.10. The van der Waals surface area contributed by atoms with Crippen LogP contribution in [-0.4, -0.2) is 31.3 Å². The van der Waals surface area contributed by atoms with Crippen molar-refractivity contribution in [3.63, 3.8) is 0 Å². The van der Waals surface area contributed by atoms with Crippen molar-refractivity contribution in [2.24, 2.45) is 0 Å². The van der Waals surface area contributed by atoms with Crippen LogP contribution in [0.1, 0.15) is 10.4 Å². The number of hydrogen-bond acceptors (Lipinski definition) is 3. The number of hydrogen-bond donors (Lipinski definition) is 1. The number of carboxylic acids is 1.